The number of rotatable bonds is 5. The number of nitrogens with one attached hydrogen (secondary N) is 1. The van der Waals surface area contributed by atoms with Crippen molar-refractivity contribution < 1.29 is 0 Å². The third-order valence-electron chi connectivity index (χ3n) is 4.26. The Kier molecular flexibility index (Phi) is 3.88. The van der Waals surface area contributed by atoms with E-state index < -0.39 is 0 Å². The lowest BCUT2D eigenvalue weighted by Gasteiger charge is -2.11. The second kappa shape index (κ2) is 5.80. The summed E-state index contributed by atoms with van der Waals surface area (Å²) >= 11 is 0. The van der Waals surface area contributed by atoms with Crippen LogP contribution in [0.5, 0.6) is 0 Å². The molecule has 0 fully saturated rings. The summed E-state index contributed by atoms with van der Waals surface area (Å²) in [5.41, 5.74) is 4.37. The highest BCUT2D eigenvalue weighted by molar-refractivity contribution is 5.38. The molecule has 0 saturated carbocycles. The Balaban J connectivity index is 1.80. The van der Waals surface area contributed by atoms with Crippen LogP contribution in [0.4, 0.5) is 0 Å². The fourth-order valence-electron chi connectivity index (χ4n) is 3.21. The number of imidazole rings is 1. The highest BCUT2D eigenvalue weighted by Gasteiger charge is 2.20. The molecule has 0 spiro atoms. The third kappa shape index (κ3) is 2.50. The van der Waals surface area contributed by atoms with Crippen LogP contribution in [0.25, 0.3) is 0 Å². The highest BCUT2D eigenvalue weighted by Crippen LogP contribution is 2.31. The van der Waals surface area contributed by atoms with E-state index in [1.165, 1.54) is 35.4 Å². The normalized spacial score (nSPS) is 17.4. The summed E-state index contributed by atoms with van der Waals surface area (Å²) in [7, 11) is 2.05. The van der Waals surface area contributed by atoms with Crippen LogP contribution < -0.4 is 5.32 Å². The predicted molar refractivity (Wildman–Crippen MR) is 81.9 cm³/mol. The maximum Gasteiger partial charge on any atom is 0.113 e. The molecule has 106 valence electrons. The number of benzene rings is 1. The van der Waals surface area contributed by atoms with Gasteiger partial charge in [0.2, 0.25) is 0 Å². The molecule has 0 radical (unpaired) electrons. The summed E-state index contributed by atoms with van der Waals surface area (Å²) in [4.78, 5) is 4.51. The average molecular weight is 269 g/mol. The highest BCUT2D eigenvalue weighted by atomic mass is 15.1. The fourth-order valence-corrected chi connectivity index (χ4v) is 3.21. The predicted octanol–water partition coefficient (Wildman–Crippen LogP) is 3.09. The second-order valence-corrected chi connectivity index (χ2v) is 5.63. The van der Waals surface area contributed by atoms with Crippen LogP contribution in [0.2, 0.25) is 0 Å². The van der Waals surface area contributed by atoms with Crippen LogP contribution in [-0.4, -0.2) is 16.6 Å². The van der Waals surface area contributed by atoms with Crippen LogP contribution >= 0.6 is 0 Å². The van der Waals surface area contributed by atoms with Gasteiger partial charge in [-0.3, -0.25) is 0 Å². The van der Waals surface area contributed by atoms with Crippen LogP contribution in [-0.2, 0) is 19.4 Å². The molecular formula is C17H23N3. The Morgan fingerprint density at radius 1 is 1.40 bits per heavy atom. The maximum atomic E-state index is 4.51. The summed E-state index contributed by atoms with van der Waals surface area (Å²) in [6.45, 7) is 3.26. The van der Waals surface area contributed by atoms with Crippen molar-refractivity contribution in [1.29, 1.82) is 0 Å². The van der Waals surface area contributed by atoms with E-state index in [9.17, 15) is 0 Å². The number of nitrogens with zero attached hydrogens (tertiary/aromatic N) is 2. The van der Waals surface area contributed by atoms with Crippen molar-refractivity contribution >= 4 is 0 Å². The minimum atomic E-state index is 0.543. The van der Waals surface area contributed by atoms with Crippen molar-refractivity contribution in [3.05, 3.63) is 53.1 Å². The Hall–Kier alpha value is -1.61. The standard InChI is InChI=1S/C17H23N3/c1-3-9-20-10-8-19-17(20)12-13-4-6-15-14(11-13)5-7-16(15)18-2/h4,6,8,10-11,16,18H,3,5,7,9,12H2,1-2H3. The number of aryl methyl sites for hydroxylation is 2. The molecule has 1 atom stereocenters. The van der Waals surface area contributed by atoms with E-state index in [1.54, 1.807) is 0 Å². The number of aromatic nitrogens is 2. The van der Waals surface area contributed by atoms with Gasteiger partial charge in [-0.25, -0.2) is 4.98 Å². The van der Waals surface area contributed by atoms with E-state index in [0.29, 0.717) is 6.04 Å². The lowest BCUT2D eigenvalue weighted by atomic mass is 10.0. The summed E-state index contributed by atoms with van der Waals surface area (Å²) in [6.07, 6.45) is 8.50. The van der Waals surface area contributed by atoms with E-state index >= 15 is 0 Å². The fraction of sp³-hybridized carbons (Fsp3) is 0.471. The molecule has 0 saturated heterocycles. The van der Waals surface area contributed by atoms with E-state index in [2.05, 4.69) is 53.2 Å². The number of hydrogen-bond acceptors (Lipinski definition) is 2. The first-order chi connectivity index (χ1) is 9.81. The third-order valence-corrected chi connectivity index (χ3v) is 4.26. The molecule has 0 aliphatic heterocycles. The van der Waals surface area contributed by atoms with Crippen LogP contribution in [0.15, 0.2) is 30.6 Å². The Morgan fingerprint density at radius 2 is 2.30 bits per heavy atom. The van der Waals surface area contributed by atoms with E-state index in [1.807, 2.05) is 6.20 Å². The van der Waals surface area contributed by atoms with E-state index in [-0.39, 0.29) is 0 Å². The molecule has 1 heterocycles. The molecule has 1 aromatic heterocycles. The lowest BCUT2D eigenvalue weighted by molar-refractivity contribution is 0.590. The van der Waals surface area contributed by atoms with Crippen LogP contribution in [0.1, 0.15) is 48.3 Å². The van der Waals surface area contributed by atoms with E-state index in [4.69, 9.17) is 0 Å². The van der Waals surface area contributed by atoms with Gasteiger partial charge in [-0.1, -0.05) is 25.1 Å². The van der Waals surface area contributed by atoms with Crippen LogP contribution in [0.3, 0.4) is 0 Å². The van der Waals surface area contributed by atoms with Gasteiger partial charge in [-0.05, 0) is 43.0 Å². The Morgan fingerprint density at radius 3 is 3.10 bits per heavy atom. The van der Waals surface area contributed by atoms with Crippen molar-refractivity contribution in [2.45, 2.75) is 45.2 Å². The molecule has 1 aromatic carbocycles. The summed E-state index contributed by atoms with van der Waals surface area (Å²) in [5, 5.41) is 3.39. The van der Waals surface area contributed by atoms with Gasteiger partial charge in [-0.15, -0.1) is 0 Å². The second-order valence-electron chi connectivity index (χ2n) is 5.63. The summed E-state index contributed by atoms with van der Waals surface area (Å²) in [5.74, 6) is 1.18. The van der Waals surface area contributed by atoms with Gasteiger partial charge in [0.1, 0.15) is 5.82 Å². The lowest BCUT2D eigenvalue weighted by Crippen LogP contribution is -2.12. The smallest absolute Gasteiger partial charge is 0.113 e. The van der Waals surface area contributed by atoms with Gasteiger partial charge in [0, 0.05) is 31.4 Å². The zero-order valence-corrected chi connectivity index (χ0v) is 12.4. The molecule has 2 aromatic rings. The minimum Gasteiger partial charge on any atom is -0.335 e. The summed E-state index contributed by atoms with van der Waals surface area (Å²) in [6, 6.07) is 7.48. The molecule has 20 heavy (non-hydrogen) atoms. The van der Waals surface area contributed by atoms with Gasteiger partial charge in [0.05, 0.1) is 0 Å². The molecule has 3 rings (SSSR count). The first-order valence-electron chi connectivity index (χ1n) is 7.60. The zero-order valence-electron chi connectivity index (χ0n) is 12.4. The number of fused-ring (bicyclic) bond motifs is 1. The molecule has 3 nitrogen and oxygen atoms in total. The molecule has 3 heteroatoms. The van der Waals surface area contributed by atoms with Gasteiger partial charge < -0.3 is 9.88 Å². The molecule has 1 aliphatic rings. The summed E-state index contributed by atoms with van der Waals surface area (Å²) < 4.78 is 2.27. The van der Waals surface area contributed by atoms with Crippen molar-refractivity contribution in [2.24, 2.45) is 0 Å². The number of hydrogen-bond donors (Lipinski definition) is 1. The topological polar surface area (TPSA) is 29.9 Å². The Bertz CT molecular complexity index is 586. The first kappa shape index (κ1) is 13.4. The minimum absolute atomic E-state index is 0.543. The molecule has 1 aliphatic carbocycles. The monoisotopic (exact) mass is 269 g/mol. The van der Waals surface area contributed by atoms with Gasteiger partial charge in [0.25, 0.3) is 0 Å². The van der Waals surface area contributed by atoms with Crippen molar-refractivity contribution in [3.63, 3.8) is 0 Å². The zero-order chi connectivity index (χ0) is 13.9. The van der Waals surface area contributed by atoms with Crippen molar-refractivity contribution in [2.75, 3.05) is 7.05 Å². The van der Waals surface area contributed by atoms with Gasteiger partial charge in [0.15, 0.2) is 0 Å². The van der Waals surface area contributed by atoms with Crippen LogP contribution in [0, 0.1) is 0 Å². The largest absolute Gasteiger partial charge is 0.335 e. The quantitative estimate of drug-likeness (QED) is 0.904. The van der Waals surface area contributed by atoms with Crippen molar-refractivity contribution in [3.8, 4) is 0 Å². The molecule has 0 bridgehead atoms. The van der Waals surface area contributed by atoms with Crippen molar-refractivity contribution in [1.82, 2.24) is 14.9 Å². The Labute approximate surface area is 121 Å². The molecule has 0 amide bonds. The first-order valence-corrected chi connectivity index (χ1v) is 7.60. The molecule has 1 unspecified atom stereocenters. The van der Waals surface area contributed by atoms with Gasteiger partial charge in [-0.2, -0.15) is 0 Å². The van der Waals surface area contributed by atoms with E-state index in [0.717, 1.165) is 19.4 Å². The average Bonchev–Trinajstić information content (AvgIpc) is 3.06. The molecule has 1 N–H and O–H groups in total. The SMILES string of the molecule is CCCn1ccnc1Cc1ccc2c(c1)CCC2NC. The van der Waals surface area contributed by atoms with Gasteiger partial charge >= 0.3 is 0 Å². The maximum absolute atomic E-state index is 4.51. The molecular weight excluding hydrogens is 246 g/mol.